The van der Waals surface area contributed by atoms with Crippen LogP contribution in [0.15, 0.2) is 52.1 Å². The maximum absolute atomic E-state index is 5.51. The molecular formula is C16H17N3O2. The third-order valence-corrected chi connectivity index (χ3v) is 3.97. The molecular weight excluding hydrogens is 266 g/mol. The molecule has 0 atom stereocenters. The van der Waals surface area contributed by atoms with E-state index >= 15 is 0 Å². The second-order valence-corrected chi connectivity index (χ2v) is 5.48. The number of rotatable bonds is 4. The molecule has 4 rings (SSSR count). The van der Waals surface area contributed by atoms with E-state index in [0.717, 1.165) is 44.1 Å². The van der Waals surface area contributed by atoms with Gasteiger partial charge in [-0.3, -0.25) is 4.90 Å². The van der Waals surface area contributed by atoms with Crippen LogP contribution in [0.2, 0.25) is 0 Å². The van der Waals surface area contributed by atoms with Crippen LogP contribution in [-0.2, 0) is 26.1 Å². The van der Waals surface area contributed by atoms with Gasteiger partial charge in [0.2, 0.25) is 0 Å². The first-order chi connectivity index (χ1) is 10.4. The van der Waals surface area contributed by atoms with Crippen LogP contribution < -0.4 is 0 Å². The van der Waals surface area contributed by atoms with E-state index in [1.807, 2.05) is 36.9 Å². The Morgan fingerprint density at radius 2 is 2.10 bits per heavy atom. The minimum Gasteiger partial charge on any atom is -0.472 e. The molecule has 0 aliphatic carbocycles. The third kappa shape index (κ3) is 2.52. The van der Waals surface area contributed by atoms with Crippen LogP contribution in [0.3, 0.4) is 0 Å². The zero-order valence-corrected chi connectivity index (χ0v) is 11.7. The van der Waals surface area contributed by atoms with E-state index in [2.05, 4.69) is 14.6 Å². The number of hydrogen-bond acceptors (Lipinski definition) is 4. The van der Waals surface area contributed by atoms with Crippen molar-refractivity contribution in [2.75, 3.05) is 6.54 Å². The van der Waals surface area contributed by atoms with Gasteiger partial charge in [0.15, 0.2) is 0 Å². The third-order valence-electron chi connectivity index (χ3n) is 3.97. The standard InChI is InChI=1S/C16H17N3O2/c1-2-6-18(5-1)11-15-14-10-19(7-3-16(14)21-17-15)9-13-4-8-20-12-13/h1-2,4-6,8,12H,3,7,9-11H2. The van der Waals surface area contributed by atoms with Gasteiger partial charge < -0.3 is 13.5 Å². The molecule has 0 saturated heterocycles. The van der Waals surface area contributed by atoms with E-state index in [1.54, 1.807) is 6.26 Å². The number of fused-ring (bicyclic) bond motifs is 1. The fourth-order valence-corrected chi connectivity index (χ4v) is 2.87. The average molecular weight is 283 g/mol. The number of aromatic nitrogens is 2. The van der Waals surface area contributed by atoms with E-state index < -0.39 is 0 Å². The molecule has 0 N–H and O–H groups in total. The van der Waals surface area contributed by atoms with Crippen molar-refractivity contribution in [3.63, 3.8) is 0 Å². The van der Waals surface area contributed by atoms with Crippen LogP contribution in [0.5, 0.6) is 0 Å². The average Bonchev–Trinajstić information content (AvgIpc) is 3.22. The van der Waals surface area contributed by atoms with Gasteiger partial charge in [0, 0.05) is 49.6 Å². The van der Waals surface area contributed by atoms with Gasteiger partial charge in [-0.15, -0.1) is 0 Å². The van der Waals surface area contributed by atoms with Crippen molar-refractivity contribution in [1.29, 1.82) is 0 Å². The summed E-state index contributed by atoms with van der Waals surface area (Å²) < 4.78 is 12.8. The summed E-state index contributed by atoms with van der Waals surface area (Å²) >= 11 is 0. The Labute approximate surface area is 122 Å². The quantitative estimate of drug-likeness (QED) is 0.738. The van der Waals surface area contributed by atoms with Gasteiger partial charge in [0.1, 0.15) is 11.5 Å². The van der Waals surface area contributed by atoms with Gasteiger partial charge in [-0.2, -0.15) is 0 Å². The van der Waals surface area contributed by atoms with Crippen molar-refractivity contribution in [2.24, 2.45) is 0 Å². The topological polar surface area (TPSA) is 47.3 Å². The number of hydrogen-bond donors (Lipinski definition) is 0. The Kier molecular flexibility index (Phi) is 3.12. The minimum atomic E-state index is 0.769. The Balaban J connectivity index is 1.52. The van der Waals surface area contributed by atoms with Gasteiger partial charge >= 0.3 is 0 Å². The highest BCUT2D eigenvalue weighted by Crippen LogP contribution is 2.24. The molecule has 0 amide bonds. The summed E-state index contributed by atoms with van der Waals surface area (Å²) in [5, 5.41) is 4.26. The second-order valence-electron chi connectivity index (χ2n) is 5.48. The van der Waals surface area contributed by atoms with Crippen molar-refractivity contribution in [3.05, 3.63) is 65.7 Å². The van der Waals surface area contributed by atoms with Crippen LogP contribution in [0.4, 0.5) is 0 Å². The summed E-state index contributed by atoms with van der Waals surface area (Å²) in [6, 6.07) is 6.07. The molecule has 5 nitrogen and oxygen atoms in total. The van der Waals surface area contributed by atoms with Gasteiger partial charge in [0.05, 0.1) is 19.1 Å². The first-order valence-corrected chi connectivity index (χ1v) is 7.19. The largest absolute Gasteiger partial charge is 0.472 e. The molecule has 1 aliphatic rings. The molecule has 0 unspecified atom stereocenters. The lowest BCUT2D eigenvalue weighted by atomic mass is 10.1. The molecule has 0 fully saturated rings. The summed E-state index contributed by atoms with van der Waals surface area (Å²) in [5.74, 6) is 1.04. The molecule has 3 aromatic rings. The van der Waals surface area contributed by atoms with Crippen molar-refractivity contribution in [2.45, 2.75) is 26.1 Å². The lowest BCUT2D eigenvalue weighted by molar-refractivity contribution is 0.228. The van der Waals surface area contributed by atoms with Crippen LogP contribution in [-0.4, -0.2) is 21.2 Å². The predicted octanol–water partition coefficient (Wildman–Crippen LogP) is 2.68. The van der Waals surface area contributed by atoms with Crippen molar-refractivity contribution in [1.82, 2.24) is 14.6 Å². The molecule has 1 aliphatic heterocycles. The maximum Gasteiger partial charge on any atom is 0.142 e. The molecule has 0 radical (unpaired) electrons. The SMILES string of the molecule is c1ccn(Cc2noc3c2CN(Cc2ccoc2)CC3)c1. The highest BCUT2D eigenvalue weighted by atomic mass is 16.5. The molecule has 0 bridgehead atoms. The van der Waals surface area contributed by atoms with E-state index in [-0.39, 0.29) is 0 Å². The van der Waals surface area contributed by atoms with E-state index in [0.29, 0.717) is 0 Å². The van der Waals surface area contributed by atoms with E-state index in [9.17, 15) is 0 Å². The Bertz CT molecular complexity index is 698. The van der Waals surface area contributed by atoms with Crippen LogP contribution >= 0.6 is 0 Å². The lowest BCUT2D eigenvalue weighted by Gasteiger charge is -2.25. The van der Waals surface area contributed by atoms with Crippen molar-refractivity contribution >= 4 is 0 Å². The summed E-state index contributed by atoms with van der Waals surface area (Å²) in [6.45, 7) is 3.56. The van der Waals surface area contributed by atoms with Crippen molar-refractivity contribution < 1.29 is 8.94 Å². The summed E-state index contributed by atoms with van der Waals surface area (Å²) in [6.07, 6.45) is 8.55. The zero-order valence-electron chi connectivity index (χ0n) is 11.7. The Morgan fingerprint density at radius 1 is 1.19 bits per heavy atom. The Morgan fingerprint density at radius 3 is 2.90 bits per heavy atom. The van der Waals surface area contributed by atoms with Crippen LogP contribution in [0, 0.1) is 0 Å². The second kappa shape index (κ2) is 5.26. The lowest BCUT2D eigenvalue weighted by Crippen LogP contribution is -2.29. The van der Waals surface area contributed by atoms with E-state index in [1.165, 1.54) is 11.1 Å². The Hall–Kier alpha value is -2.27. The molecule has 108 valence electrons. The van der Waals surface area contributed by atoms with Crippen LogP contribution in [0.1, 0.15) is 22.6 Å². The van der Waals surface area contributed by atoms with Gasteiger partial charge in [-0.05, 0) is 18.2 Å². The van der Waals surface area contributed by atoms with Gasteiger partial charge in [-0.25, -0.2) is 0 Å². The molecule has 21 heavy (non-hydrogen) atoms. The molecule has 5 heteroatoms. The maximum atomic E-state index is 5.51. The summed E-state index contributed by atoms with van der Waals surface area (Å²) in [5.41, 5.74) is 3.50. The van der Waals surface area contributed by atoms with Gasteiger partial charge in [-0.1, -0.05) is 5.16 Å². The highest BCUT2D eigenvalue weighted by Gasteiger charge is 2.24. The fraction of sp³-hybridized carbons (Fsp3) is 0.312. The molecule has 0 aromatic carbocycles. The number of nitrogens with zero attached hydrogens (tertiary/aromatic N) is 3. The normalized spacial score (nSPS) is 15.2. The summed E-state index contributed by atoms with van der Waals surface area (Å²) in [7, 11) is 0. The predicted molar refractivity (Wildman–Crippen MR) is 76.6 cm³/mol. The molecule has 0 saturated carbocycles. The minimum absolute atomic E-state index is 0.769. The number of furan rings is 1. The van der Waals surface area contributed by atoms with Crippen LogP contribution in [0.25, 0.3) is 0 Å². The monoisotopic (exact) mass is 283 g/mol. The van der Waals surface area contributed by atoms with E-state index in [4.69, 9.17) is 8.94 Å². The van der Waals surface area contributed by atoms with Gasteiger partial charge in [0.25, 0.3) is 0 Å². The molecule has 3 aromatic heterocycles. The summed E-state index contributed by atoms with van der Waals surface area (Å²) in [4.78, 5) is 2.41. The fourth-order valence-electron chi connectivity index (χ4n) is 2.87. The smallest absolute Gasteiger partial charge is 0.142 e. The molecule has 4 heterocycles. The molecule has 0 spiro atoms. The first kappa shape index (κ1) is 12.5. The zero-order chi connectivity index (χ0) is 14.1. The highest BCUT2D eigenvalue weighted by molar-refractivity contribution is 5.26. The van der Waals surface area contributed by atoms with Crippen molar-refractivity contribution in [3.8, 4) is 0 Å². The first-order valence-electron chi connectivity index (χ1n) is 7.19.